The van der Waals surface area contributed by atoms with Crippen LogP contribution in [0.4, 0.5) is 13.2 Å². The molecule has 0 saturated carbocycles. The summed E-state index contributed by atoms with van der Waals surface area (Å²) in [6, 6.07) is 2.15. The van der Waals surface area contributed by atoms with Gasteiger partial charge in [0.25, 0.3) is 0 Å². The summed E-state index contributed by atoms with van der Waals surface area (Å²) in [5, 5.41) is 14.4. The van der Waals surface area contributed by atoms with Crippen LogP contribution in [0.1, 0.15) is 12.0 Å². The first-order valence-corrected chi connectivity index (χ1v) is 10.1. The van der Waals surface area contributed by atoms with Crippen molar-refractivity contribution in [2.24, 2.45) is 11.8 Å². The molecule has 3 atom stereocenters. The number of alkyl halides is 3. The molecule has 2 saturated heterocycles. The lowest BCUT2D eigenvalue weighted by molar-refractivity contribution is -0.192. The number of methoxy groups -OCH3 is 1. The van der Waals surface area contributed by atoms with Crippen LogP contribution in [0.5, 0.6) is 0 Å². The molecular weight excluding hydrogens is 413 g/mol. The van der Waals surface area contributed by atoms with Crippen LogP contribution in [-0.2, 0) is 25.6 Å². The van der Waals surface area contributed by atoms with Crippen molar-refractivity contribution >= 4 is 23.2 Å². The van der Waals surface area contributed by atoms with E-state index < -0.39 is 12.1 Å². The third-order valence-electron chi connectivity index (χ3n) is 4.84. The molecule has 3 rings (SSSR count). The van der Waals surface area contributed by atoms with Gasteiger partial charge in [-0.1, -0.05) is 0 Å². The van der Waals surface area contributed by atoms with E-state index in [9.17, 15) is 18.0 Å². The normalized spacial score (nSPS) is 24.3. The van der Waals surface area contributed by atoms with Crippen molar-refractivity contribution in [3.05, 3.63) is 22.4 Å². The van der Waals surface area contributed by atoms with Crippen molar-refractivity contribution in [1.82, 2.24) is 10.2 Å². The van der Waals surface area contributed by atoms with E-state index in [2.05, 4.69) is 27.0 Å². The number of halogens is 3. The van der Waals surface area contributed by atoms with Gasteiger partial charge >= 0.3 is 12.1 Å². The van der Waals surface area contributed by atoms with Crippen LogP contribution in [0.3, 0.4) is 0 Å². The van der Waals surface area contributed by atoms with Crippen molar-refractivity contribution < 1.29 is 37.3 Å². The third kappa shape index (κ3) is 7.25. The Morgan fingerprint density at radius 3 is 2.72 bits per heavy atom. The fourth-order valence-corrected chi connectivity index (χ4v) is 4.17. The molecule has 1 amide bonds. The van der Waals surface area contributed by atoms with Crippen LogP contribution >= 0.6 is 11.3 Å². The molecule has 164 valence electrons. The van der Waals surface area contributed by atoms with Gasteiger partial charge in [0, 0.05) is 45.8 Å². The number of aliphatic carboxylic acids is 1. The first-order chi connectivity index (χ1) is 13.7. The Kier molecular flexibility index (Phi) is 8.87. The first-order valence-electron chi connectivity index (χ1n) is 9.14. The van der Waals surface area contributed by atoms with Gasteiger partial charge in [-0.05, 0) is 28.8 Å². The Bertz CT molecular complexity index is 656. The third-order valence-corrected chi connectivity index (χ3v) is 5.57. The summed E-state index contributed by atoms with van der Waals surface area (Å²) in [5.74, 6) is -2.22. The van der Waals surface area contributed by atoms with Gasteiger partial charge in [0.15, 0.2) is 0 Å². The van der Waals surface area contributed by atoms with Gasteiger partial charge in [0.05, 0.1) is 18.6 Å². The van der Waals surface area contributed by atoms with Gasteiger partial charge in [-0.3, -0.25) is 9.69 Å². The predicted octanol–water partition coefficient (Wildman–Crippen LogP) is 1.98. The average molecular weight is 438 g/mol. The first kappa shape index (κ1) is 23.6. The summed E-state index contributed by atoms with van der Waals surface area (Å²) in [6.07, 6.45) is -3.88. The zero-order valence-corrected chi connectivity index (χ0v) is 16.8. The lowest BCUT2D eigenvalue weighted by Crippen LogP contribution is -2.52. The van der Waals surface area contributed by atoms with Crippen molar-refractivity contribution in [2.75, 3.05) is 40.0 Å². The minimum atomic E-state index is -5.08. The monoisotopic (exact) mass is 438 g/mol. The fourth-order valence-electron chi connectivity index (χ4n) is 3.51. The highest BCUT2D eigenvalue weighted by Gasteiger charge is 2.43. The average Bonchev–Trinajstić information content (AvgIpc) is 3.32. The number of hydrogen-bond acceptors (Lipinski definition) is 6. The van der Waals surface area contributed by atoms with Gasteiger partial charge in [-0.25, -0.2) is 4.79 Å². The van der Waals surface area contributed by atoms with Gasteiger partial charge in [0.1, 0.15) is 0 Å². The van der Waals surface area contributed by atoms with Crippen molar-refractivity contribution in [3.63, 3.8) is 0 Å². The van der Waals surface area contributed by atoms with Gasteiger partial charge < -0.3 is 19.9 Å². The van der Waals surface area contributed by atoms with Crippen LogP contribution in [0.2, 0.25) is 0 Å². The van der Waals surface area contributed by atoms with Crippen LogP contribution in [0.25, 0.3) is 0 Å². The number of carbonyl (C=O) groups excluding carboxylic acids is 1. The second-order valence-corrected chi connectivity index (χ2v) is 7.66. The summed E-state index contributed by atoms with van der Waals surface area (Å²) in [4.78, 5) is 23.8. The zero-order chi connectivity index (χ0) is 21.4. The van der Waals surface area contributed by atoms with E-state index in [0.717, 1.165) is 32.7 Å². The number of rotatable bonds is 6. The number of amides is 1. The second kappa shape index (κ2) is 10.9. The molecule has 3 heterocycles. The number of piperidine rings is 1. The maximum absolute atomic E-state index is 12.5. The van der Waals surface area contributed by atoms with Crippen molar-refractivity contribution in [3.8, 4) is 0 Å². The number of carbonyl (C=O) groups is 2. The molecule has 29 heavy (non-hydrogen) atoms. The Hall–Kier alpha value is -1.69. The summed E-state index contributed by atoms with van der Waals surface area (Å²) >= 11 is 1.72. The van der Waals surface area contributed by atoms with E-state index >= 15 is 0 Å². The van der Waals surface area contributed by atoms with Crippen molar-refractivity contribution in [1.29, 1.82) is 0 Å². The molecular formula is C18H25F3N2O5S. The molecule has 7 nitrogen and oxygen atoms in total. The molecule has 2 aliphatic rings. The summed E-state index contributed by atoms with van der Waals surface area (Å²) in [5.41, 5.74) is 1.32. The minimum Gasteiger partial charge on any atom is -0.475 e. The quantitative estimate of drug-likeness (QED) is 0.661. The number of fused-ring (bicyclic) bond motifs is 1. The number of nitrogens with zero attached hydrogens (tertiary/aromatic N) is 1. The Morgan fingerprint density at radius 1 is 1.41 bits per heavy atom. The van der Waals surface area contributed by atoms with Gasteiger partial charge in [-0.15, -0.1) is 0 Å². The summed E-state index contributed by atoms with van der Waals surface area (Å²) < 4.78 is 42.6. The lowest BCUT2D eigenvalue weighted by atomic mass is 9.82. The molecule has 0 aromatic carbocycles. The molecule has 2 aliphatic heterocycles. The minimum absolute atomic E-state index is 0.0248. The number of thiophene rings is 1. The number of carboxylic acid groups (broad SMARTS) is 1. The zero-order valence-electron chi connectivity index (χ0n) is 16.0. The Balaban J connectivity index is 0.000000370. The highest BCUT2D eigenvalue weighted by Crippen LogP contribution is 2.34. The van der Waals surface area contributed by atoms with Crippen LogP contribution in [0, 0.1) is 11.8 Å². The van der Waals surface area contributed by atoms with E-state index in [1.807, 2.05) is 0 Å². The van der Waals surface area contributed by atoms with E-state index in [1.54, 1.807) is 18.4 Å². The largest absolute Gasteiger partial charge is 0.490 e. The van der Waals surface area contributed by atoms with Crippen molar-refractivity contribution in [2.45, 2.75) is 25.2 Å². The van der Waals surface area contributed by atoms with E-state index in [0.29, 0.717) is 19.1 Å². The second-order valence-electron chi connectivity index (χ2n) is 6.88. The number of nitrogens with one attached hydrogen (secondary N) is 1. The lowest BCUT2D eigenvalue weighted by Gasteiger charge is -2.39. The van der Waals surface area contributed by atoms with Crippen LogP contribution < -0.4 is 5.32 Å². The Labute approximate surface area is 170 Å². The number of ether oxygens (including phenoxy) is 2. The number of likely N-dealkylation sites (tertiary alicyclic amines) is 1. The number of hydrogen-bond donors (Lipinski definition) is 2. The molecule has 1 aromatic heterocycles. The van der Waals surface area contributed by atoms with Crippen LogP contribution in [-0.4, -0.2) is 74.1 Å². The molecule has 0 unspecified atom stereocenters. The highest BCUT2D eigenvalue weighted by molar-refractivity contribution is 7.07. The van der Waals surface area contributed by atoms with E-state index in [4.69, 9.17) is 19.4 Å². The molecule has 0 spiro atoms. The van der Waals surface area contributed by atoms with Gasteiger partial charge in [0.2, 0.25) is 5.91 Å². The van der Waals surface area contributed by atoms with Crippen LogP contribution in [0.15, 0.2) is 16.8 Å². The number of carboxylic acids is 1. The molecule has 1 aromatic rings. The van der Waals surface area contributed by atoms with Gasteiger partial charge in [-0.2, -0.15) is 24.5 Å². The molecule has 0 bridgehead atoms. The molecule has 2 N–H and O–H groups in total. The standard InChI is InChI=1S/C16H24N2O3S.C2HF3O2/c1-20-6-4-17-16(19)14-9-18(8-12-3-7-22-11-12)10-15-13(14)2-5-21-15;3-2(4,5)1(6)7/h3,7,11,13-15H,2,4-6,8-10H2,1H3,(H,17,19);(H,6,7)/t13-,14+,15+;/m0./s1. The topological polar surface area (TPSA) is 88.1 Å². The fraction of sp³-hybridized carbons (Fsp3) is 0.667. The smallest absolute Gasteiger partial charge is 0.475 e. The Morgan fingerprint density at radius 2 is 2.14 bits per heavy atom. The summed E-state index contributed by atoms with van der Waals surface area (Å²) in [6.45, 7) is 4.57. The highest BCUT2D eigenvalue weighted by atomic mass is 32.1. The molecule has 0 aliphatic carbocycles. The molecule has 11 heteroatoms. The maximum atomic E-state index is 12.5. The summed E-state index contributed by atoms with van der Waals surface area (Å²) in [7, 11) is 1.65. The molecule has 0 radical (unpaired) electrons. The maximum Gasteiger partial charge on any atom is 0.490 e. The molecule has 2 fully saturated rings. The predicted molar refractivity (Wildman–Crippen MR) is 99.5 cm³/mol. The van der Waals surface area contributed by atoms with E-state index in [-0.39, 0.29) is 17.9 Å². The SMILES string of the molecule is COCCNC(=O)[C@@H]1CN(Cc2ccsc2)C[C@H]2OCC[C@H]21.O=C(O)C(F)(F)F. The van der Waals surface area contributed by atoms with E-state index in [1.165, 1.54) is 5.56 Å².